The van der Waals surface area contributed by atoms with Gasteiger partial charge >= 0.3 is 24.0 Å². The highest BCUT2D eigenvalue weighted by molar-refractivity contribution is 5.23. The van der Waals surface area contributed by atoms with E-state index in [9.17, 15) is 44.7 Å². The van der Waals surface area contributed by atoms with Gasteiger partial charge in [-0.1, -0.05) is 0 Å². The molecule has 0 saturated heterocycles. The maximum atomic E-state index is 12.9. The van der Waals surface area contributed by atoms with Crippen molar-refractivity contribution in [3.63, 3.8) is 0 Å². The standard InChI is InChI=1S/C8H3F8NO3/c1-17-4(18)2(7(11,12)13)3(20-5(17)19)6(9,10)8(14,15)16/h1H3. The number of nitrogens with zero attached hydrogens (tertiary/aromatic N) is 1. The molecular formula is C8H3F8NO3. The molecule has 0 N–H and O–H groups in total. The summed E-state index contributed by atoms with van der Waals surface area (Å²) in [5.41, 5.74) is -5.25. The molecule has 4 nitrogen and oxygen atoms in total. The van der Waals surface area contributed by atoms with Gasteiger partial charge in [0.05, 0.1) is 0 Å². The summed E-state index contributed by atoms with van der Waals surface area (Å²) >= 11 is 0. The average molecular weight is 313 g/mol. The van der Waals surface area contributed by atoms with Crippen molar-refractivity contribution in [3.05, 3.63) is 32.2 Å². The van der Waals surface area contributed by atoms with Crippen molar-refractivity contribution >= 4 is 0 Å². The molecular weight excluding hydrogens is 310 g/mol. The van der Waals surface area contributed by atoms with Gasteiger partial charge in [-0.25, -0.2) is 9.36 Å². The third-order valence-electron chi connectivity index (χ3n) is 2.13. The van der Waals surface area contributed by atoms with Crippen LogP contribution in [0.5, 0.6) is 0 Å². The topological polar surface area (TPSA) is 52.2 Å². The van der Waals surface area contributed by atoms with Crippen LogP contribution >= 0.6 is 0 Å². The van der Waals surface area contributed by atoms with E-state index < -0.39 is 40.9 Å². The molecule has 0 bridgehead atoms. The van der Waals surface area contributed by atoms with E-state index >= 15 is 0 Å². The minimum absolute atomic E-state index is 0.376. The number of halogens is 8. The van der Waals surface area contributed by atoms with E-state index in [0.717, 1.165) is 0 Å². The van der Waals surface area contributed by atoms with Crippen molar-refractivity contribution in [2.24, 2.45) is 7.05 Å². The van der Waals surface area contributed by atoms with E-state index in [1.54, 1.807) is 0 Å². The van der Waals surface area contributed by atoms with Gasteiger partial charge < -0.3 is 4.42 Å². The Kier molecular flexibility index (Phi) is 3.49. The quantitative estimate of drug-likeness (QED) is 0.745. The Morgan fingerprint density at radius 1 is 0.950 bits per heavy atom. The molecule has 0 amide bonds. The van der Waals surface area contributed by atoms with Crippen LogP contribution in [0.3, 0.4) is 0 Å². The lowest BCUT2D eigenvalue weighted by atomic mass is 10.1. The Morgan fingerprint density at radius 2 is 1.40 bits per heavy atom. The SMILES string of the molecule is Cn1c(=O)oc(C(F)(F)C(F)(F)F)c(C(F)(F)F)c1=O. The second-order valence-corrected chi connectivity index (χ2v) is 3.51. The van der Waals surface area contributed by atoms with Crippen molar-refractivity contribution in [2.45, 2.75) is 18.3 Å². The summed E-state index contributed by atoms with van der Waals surface area (Å²) in [6.07, 6.45) is -12.3. The van der Waals surface area contributed by atoms with E-state index in [4.69, 9.17) is 0 Å². The second-order valence-electron chi connectivity index (χ2n) is 3.51. The van der Waals surface area contributed by atoms with Crippen LogP contribution in [0.1, 0.15) is 11.3 Å². The summed E-state index contributed by atoms with van der Waals surface area (Å²) in [5, 5.41) is 0. The lowest BCUT2D eigenvalue weighted by Gasteiger charge is -2.21. The molecule has 0 unspecified atom stereocenters. The van der Waals surface area contributed by atoms with Gasteiger partial charge in [-0.05, 0) is 0 Å². The predicted octanol–water partition coefficient (Wildman–Crippen LogP) is 2.01. The summed E-state index contributed by atoms with van der Waals surface area (Å²) in [5.74, 6) is -11.3. The van der Waals surface area contributed by atoms with Crippen LogP contribution in [-0.4, -0.2) is 10.7 Å². The van der Waals surface area contributed by atoms with E-state index in [2.05, 4.69) is 4.42 Å². The molecule has 1 rings (SSSR count). The molecule has 0 aliphatic carbocycles. The molecule has 12 heteroatoms. The van der Waals surface area contributed by atoms with Crippen LogP contribution in [0, 0.1) is 0 Å². The van der Waals surface area contributed by atoms with Gasteiger partial charge in [0.15, 0.2) is 5.56 Å². The zero-order chi connectivity index (χ0) is 16.1. The van der Waals surface area contributed by atoms with Gasteiger partial charge in [-0.15, -0.1) is 0 Å². The molecule has 1 aromatic rings. The first-order valence-electron chi connectivity index (χ1n) is 4.47. The van der Waals surface area contributed by atoms with Crippen LogP contribution in [0.25, 0.3) is 0 Å². The Labute approximate surface area is 103 Å². The molecule has 0 fully saturated rings. The number of aromatic nitrogens is 1. The largest absolute Gasteiger partial charge is 0.461 e. The molecule has 0 aromatic carbocycles. The highest BCUT2D eigenvalue weighted by Gasteiger charge is 2.64. The van der Waals surface area contributed by atoms with E-state index in [0.29, 0.717) is 7.05 Å². The van der Waals surface area contributed by atoms with Crippen molar-refractivity contribution in [1.82, 2.24) is 4.57 Å². The monoisotopic (exact) mass is 313 g/mol. The third kappa shape index (κ3) is 2.41. The molecule has 114 valence electrons. The highest BCUT2D eigenvalue weighted by Crippen LogP contribution is 2.46. The van der Waals surface area contributed by atoms with Gasteiger partial charge in [0.2, 0.25) is 5.76 Å². The summed E-state index contributed by atoms with van der Waals surface area (Å²) in [6, 6.07) is 0. The number of alkyl halides is 8. The third-order valence-corrected chi connectivity index (χ3v) is 2.13. The molecule has 0 radical (unpaired) electrons. The lowest BCUT2D eigenvalue weighted by Crippen LogP contribution is -2.43. The minimum Gasteiger partial charge on any atom is -0.407 e. The smallest absolute Gasteiger partial charge is 0.407 e. The van der Waals surface area contributed by atoms with Crippen LogP contribution in [-0.2, 0) is 19.1 Å². The maximum absolute atomic E-state index is 12.9. The van der Waals surface area contributed by atoms with Gasteiger partial charge in [0.1, 0.15) is 0 Å². The minimum atomic E-state index is -6.48. The zero-order valence-corrected chi connectivity index (χ0v) is 9.20. The van der Waals surface area contributed by atoms with Crippen molar-refractivity contribution in [2.75, 3.05) is 0 Å². The molecule has 0 aliphatic heterocycles. The van der Waals surface area contributed by atoms with Crippen LogP contribution < -0.4 is 11.3 Å². The summed E-state index contributed by atoms with van der Waals surface area (Å²) in [7, 11) is 0.429. The van der Waals surface area contributed by atoms with Crippen LogP contribution in [0.2, 0.25) is 0 Å². The summed E-state index contributed by atoms with van der Waals surface area (Å²) in [4.78, 5) is 22.0. The zero-order valence-electron chi connectivity index (χ0n) is 9.20. The fraction of sp³-hybridized carbons (Fsp3) is 0.500. The molecule has 0 spiro atoms. The number of rotatable bonds is 1. The van der Waals surface area contributed by atoms with Gasteiger partial charge in [-0.3, -0.25) is 4.79 Å². The summed E-state index contributed by atoms with van der Waals surface area (Å²) in [6.45, 7) is 0. The first-order valence-corrected chi connectivity index (χ1v) is 4.47. The molecule has 20 heavy (non-hydrogen) atoms. The number of hydrogen-bond acceptors (Lipinski definition) is 3. The predicted molar refractivity (Wildman–Crippen MR) is 45.2 cm³/mol. The number of hydrogen-bond donors (Lipinski definition) is 0. The van der Waals surface area contributed by atoms with E-state index in [1.807, 2.05) is 0 Å². The molecule has 0 atom stereocenters. The van der Waals surface area contributed by atoms with E-state index in [-0.39, 0.29) is 4.57 Å². The van der Waals surface area contributed by atoms with Crippen molar-refractivity contribution in [1.29, 1.82) is 0 Å². The fourth-order valence-corrected chi connectivity index (χ4v) is 1.15. The Morgan fingerprint density at radius 3 is 1.75 bits per heavy atom. The molecule has 0 saturated carbocycles. The highest BCUT2D eigenvalue weighted by atomic mass is 19.4. The first-order chi connectivity index (χ1) is 8.71. The fourth-order valence-electron chi connectivity index (χ4n) is 1.15. The molecule has 1 heterocycles. The van der Waals surface area contributed by atoms with Crippen molar-refractivity contribution in [3.8, 4) is 0 Å². The van der Waals surface area contributed by atoms with Crippen molar-refractivity contribution < 1.29 is 39.5 Å². The van der Waals surface area contributed by atoms with E-state index in [1.165, 1.54) is 0 Å². The average Bonchev–Trinajstić information content (AvgIpc) is 2.21. The molecule has 0 aliphatic rings. The first kappa shape index (κ1) is 16.2. The normalized spacial score (nSPS) is 13.7. The Hall–Kier alpha value is -1.88. The Balaban J connectivity index is 3.91. The van der Waals surface area contributed by atoms with Gasteiger partial charge in [-0.2, -0.15) is 35.1 Å². The van der Waals surface area contributed by atoms with Crippen LogP contribution in [0.4, 0.5) is 35.1 Å². The van der Waals surface area contributed by atoms with Gasteiger partial charge in [0.25, 0.3) is 5.56 Å². The van der Waals surface area contributed by atoms with Crippen LogP contribution in [0.15, 0.2) is 14.0 Å². The second kappa shape index (κ2) is 4.31. The van der Waals surface area contributed by atoms with Gasteiger partial charge in [0, 0.05) is 7.05 Å². The maximum Gasteiger partial charge on any atom is 0.461 e. The lowest BCUT2D eigenvalue weighted by molar-refractivity contribution is -0.298. The molecule has 1 aromatic heterocycles. The Bertz CT molecular complexity index is 635. The summed E-state index contributed by atoms with van der Waals surface area (Å²) < 4.78 is 102.